The molecule has 1 heterocycles. The SMILES string of the molecule is O=[N+]([O-])c1ccc([C@@H](O)[C@H](CO)N=Cc2ccco2)cc1. The van der Waals surface area contributed by atoms with Gasteiger partial charge in [0.05, 0.1) is 24.0 Å². The van der Waals surface area contributed by atoms with Gasteiger partial charge in [0.1, 0.15) is 17.9 Å². The molecule has 0 amide bonds. The van der Waals surface area contributed by atoms with E-state index in [4.69, 9.17) is 4.42 Å². The number of hydrogen-bond acceptors (Lipinski definition) is 6. The predicted octanol–water partition coefficient (Wildman–Crippen LogP) is 1.70. The van der Waals surface area contributed by atoms with Gasteiger partial charge in [0, 0.05) is 12.1 Å². The number of non-ortho nitro benzene ring substituents is 1. The van der Waals surface area contributed by atoms with Gasteiger partial charge in [0.15, 0.2) is 0 Å². The van der Waals surface area contributed by atoms with E-state index < -0.39 is 17.1 Å². The van der Waals surface area contributed by atoms with E-state index in [2.05, 4.69) is 4.99 Å². The van der Waals surface area contributed by atoms with Crippen LogP contribution in [0.5, 0.6) is 0 Å². The van der Waals surface area contributed by atoms with Gasteiger partial charge in [-0.15, -0.1) is 0 Å². The first kappa shape index (κ1) is 14.9. The molecule has 0 aliphatic carbocycles. The van der Waals surface area contributed by atoms with Crippen LogP contribution < -0.4 is 0 Å². The summed E-state index contributed by atoms with van der Waals surface area (Å²) in [6, 6.07) is 8.07. The highest BCUT2D eigenvalue weighted by Crippen LogP contribution is 2.22. The second-order valence-electron chi connectivity index (χ2n) is 4.34. The molecule has 0 aliphatic heterocycles. The minimum Gasteiger partial charge on any atom is -0.463 e. The van der Waals surface area contributed by atoms with Gasteiger partial charge in [-0.1, -0.05) is 0 Å². The third kappa shape index (κ3) is 3.74. The molecule has 2 rings (SSSR count). The van der Waals surface area contributed by atoms with E-state index in [1.807, 2.05) is 0 Å². The fourth-order valence-electron chi connectivity index (χ4n) is 1.78. The van der Waals surface area contributed by atoms with Crippen LogP contribution in [0.2, 0.25) is 0 Å². The van der Waals surface area contributed by atoms with Gasteiger partial charge in [-0.3, -0.25) is 15.1 Å². The summed E-state index contributed by atoms with van der Waals surface area (Å²) in [6.07, 6.45) is 1.83. The lowest BCUT2D eigenvalue weighted by Crippen LogP contribution is -2.21. The summed E-state index contributed by atoms with van der Waals surface area (Å²) in [5, 5.41) is 30.1. The molecule has 7 nitrogen and oxygen atoms in total. The summed E-state index contributed by atoms with van der Waals surface area (Å²) < 4.78 is 5.07. The van der Waals surface area contributed by atoms with Crippen LogP contribution >= 0.6 is 0 Å². The summed E-state index contributed by atoms with van der Waals surface area (Å²) in [4.78, 5) is 14.1. The fraction of sp³-hybridized carbons (Fsp3) is 0.214. The van der Waals surface area contributed by atoms with Crippen molar-refractivity contribution < 1.29 is 19.6 Å². The first-order chi connectivity index (χ1) is 10.1. The molecule has 0 saturated carbocycles. The highest BCUT2D eigenvalue weighted by atomic mass is 16.6. The van der Waals surface area contributed by atoms with E-state index >= 15 is 0 Å². The van der Waals surface area contributed by atoms with Gasteiger partial charge in [0.25, 0.3) is 5.69 Å². The Hall–Kier alpha value is -2.51. The van der Waals surface area contributed by atoms with Crippen molar-refractivity contribution >= 4 is 11.9 Å². The Labute approximate surface area is 120 Å². The molecule has 0 spiro atoms. The molecule has 2 atom stereocenters. The molecule has 1 aromatic heterocycles. The highest BCUT2D eigenvalue weighted by molar-refractivity contribution is 5.75. The van der Waals surface area contributed by atoms with Crippen molar-refractivity contribution in [2.24, 2.45) is 4.99 Å². The first-order valence-electron chi connectivity index (χ1n) is 6.22. The van der Waals surface area contributed by atoms with E-state index in [-0.39, 0.29) is 12.3 Å². The molecular formula is C14H14N2O5. The third-order valence-electron chi connectivity index (χ3n) is 2.93. The van der Waals surface area contributed by atoms with Crippen LogP contribution in [0.3, 0.4) is 0 Å². The number of nitrogens with zero attached hydrogens (tertiary/aromatic N) is 2. The molecular weight excluding hydrogens is 276 g/mol. The quantitative estimate of drug-likeness (QED) is 0.478. The molecule has 0 unspecified atom stereocenters. The number of aliphatic imine (C=N–C) groups is 1. The van der Waals surface area contributed by atoms with E-state index in [0.29, 0.717) is 11.3 Å². The van der Waals surface area contributed by atoms with Crippen LogP contribution in [0.4, 0.5) is 5.69 Å². The van der Waals surface area contributed by atoms with Crippen molar-refractivity contribution in [3.8, 4) is 0 Å². The Balaban J connectivity index is 2.12. The number of nitro groups is 1. The number of rotatable bonds is 6. The minimum absolute atomic E-state index is 0.0643. The first-order valence-corrected chi connectivity index (χ1v) is 6.22. The Morgan fingerprint density at radius 3 is 2.57 bits per heavy atom. The molecule has 2 N–H and O–H groups in total. The van der Waals surface area contributed by atoms with Gasteiger partial charge in [-0.2, -0.15) is 0 Å². The van der Waals surface area contributed by atoms with E-state index in [0.717, 1.165) is 0 Å². The van der Waals surface area contributed by atoms with E-state index in [1.54, 1.807) is 12.1 Å². The molecule has 21 heavy (non-hydrogen) atoms. The summed E-state index contributed by atoms with van der Waals surface area (Å²) in [5.74, 6) is 0.504. The highest BCUT2D eigenvalue weighted by Gasteiger charge is 2.20. The molecule has 0 radical (unpaired) electrons. The zero-order valence-corrected chi connectivity index (χ0v) is 11.0. The lowest BCUT2D eigenvalue weighted by atomic mass is 10.0. The van der Waals surface area contributed by atoms with Crippen molar-refractivity contribution in [1.29, 1.82) is 0 Å². The second kappa shape index (κ2) is 6.78. The molecule has 1 aromatic carbocycles. The second-order valence-corrected chi connectivity index (χ2v) is 4.34. The molecule has 0 bridgehead atoms. The molecule has 2 aromatic rings. The number of hydrogen-bond donors (Lipinski definition) is 2. The molecule has 0 saturated heterocycles. The lowest BCUT2D eigenvalue weighted by molar-refractivity contribution is -0.384. The number of benzene rings is 1. The van der Waals surface area contributed by atoms with E-state index in [9.17, 15) is 20.3 Å². The van der Waals surface area contributed by atoms with Crippen molar-refractivity contribution in [1.82, 2.24) is 0 Å². The maximum atomic E-state index is 10.6. The Kier molecular flexibility index (Phi) is 4.81. The van der Waals surface area contributed by atoms with Crippen molar-refractivity contribution in [2.45, 2.75) is 12.1 Å². The standard InChI is InChI=1S/C14H14N2O5/c17-9-13(15-8-12-2-1-7-21-12)14(18)10-3-5-11(6-4-10)16(19)20/h1-8,13-14,17-18H,9H2/t13-,14+/m0/s1. The van der Waals surface area contributed by atoms with Gasteiger partial charge >= 0.3 is 0 Å². The van der Waals surface area contributed by atoms with Crippen LogP contribution in [0.1, 0.15) is 17.4 Å². The Morgan fingerprint density at radius 2 is 2.05 bits per heavy atom. The van der Waals surface area contributed by atoms with Crippen molar-refractivity contribution in [2.75, 3.05) is 6.61 Å². The zero-order valence-electron chi connectivity index (χ0n) is 11.0. The van der Waals surface area contributed by atoms with Crippen LogP contribution in [-0.2, 0) is 0 Å². The van der Waals surface area contributed by atoms with Gasteiger partial charge < -0.3 is 14.6 Å². The van der Waals surface area contributed by atoms with Crippen LogP contribution in [0.25, 0.3) is 0 Å². The van der Waals surface area contributed by atoms with Gasteiger partial charge in [-0.25, -0.2) is 0 Å². The molecule has 0 aliphatic rings. The normalized spacial score (nSPS) is 14.2. The number of furan rings is 1. The van der Waals surface area contributed by atoms with Crippen LogP contribution in [0.15, 0.2) is 52.1 Å². The number of aliphatic hydroxyl groups is 2. The lowest BCUT2D eigenvalue weighted by Gasteiger charge is -2.17. The third-order valence-corrected chi connectivity index (χ3v) is 2.93. The monoisotopic (exact) mass is 290 g/mol. The van der Waals surface area contributed by atoms with Crippen LogP contribution in [-0.4, -0.2) is 34.0 Å². The minimum atomic E-state index is -1.07. The average molecular weight is 290 g/mol. The predicted molar refractivity (Wildman–Crippen MR) is 75.2 cm³/mol. The number of aliphatic hydroxyl groups excluding tert-OH is 2. The molecule has 0 fully saturated rings. The Morgan fingerprint density at radius 1 is 1.33 bits per heavy atom. The van der Waals surface area contributed by atoms with Gasteiger partial charge in [0.2, 0.25) is 0 Å². The zero-order chi connectivity index (χ0) is 15.2. The summed E-state index contributed by atoms with van der Waals surface area (Å²) in [7, 11) is 0. The smallest absolute Gasteiger partial charge is 0.269 e. The van der Waals surface area contributed by atoms with Gasteiger partial charge in [-0.05, 0) is 29.8 Å². The largest absolute Gasteiger partial charge is 0.463 e. The molecule has 7 heteroatoms. The molecule has 110 valence electrons. The summed E-state index contributed by atoms with van der Waals surface area (Å²) in [6.45, 7) is -0.366. The van der Waals surface area contributed by atoms with Crippen LogP contribution in [0, 0.1) is 10.1 Å². The van der Waals surface area contributed by atoms with E-state index in [1.165, 1.54) is 36.7 Å². The fourth-order valence-corrected chi connectivity index (χ4v) is 1.78. The van der Waals surface area contributed by atoms with Crippen molar-refractivity contribution in [3.05, 3.63) is 64.1 Å². The summed E-state index contributed by atoms with van der Waals surface area (Å²) >= 11 is 0. The maximum absolute atomic E-state index is 10.6. The van der Waals surface area contributed by atoms with Crippen molar-refractivity contribution in [3.63, 3.8) is 0 Å². The summed E-state index contributed by atoms with van der Waals surface area (Å²) in [5.41, 5.74) is 0.377. The number of nitro benzene ring substituents is 1. The average Bonchev–Trinajstić information content (AvgIpc) is 3.01. The maximum Gasteiger partial charge on any atom is 0.269 e. The Bertz CT molecular complexity index is 607. The topological polar surface area (TPSA) is 109 Å².